The highest BCUT2D eigenvalue weighted by Crippen LogP contribution is 2.07. The molecule has 0 unspecified atom stereocenters. The van der Waals surface area contributed by atoms with Crippen LogP contribution in [0.4, 0.5) is 0 Å². The quantitative estimate of drug-likeness (QED) is 0.566. The Morgan fingerprint density at radius 1 is 1.64 bits per heavy atom. The molecule has 1 atom stereocenters. The standard InChI is InChI=1S/C8H12N2O/c1-4-7-9-5(2)8(10-7)6(3)11/h4,7,9-10H,1H2,2-3H3/t7-/m1/s1. The van der Waals surface area contributed by atoms with Crippen LogP contribution in [0.25, 0.3) is 0 Å². The van der Waals surface area contributed by atoms with Gasteiger partial charge < -0.3 is 10.6 Å². The van der Waals surface area contributed by atoms with Crippen molar-refractivity contribution >= 4 is 5.78 Å². The van der Waals surface area contributed by atoms with Crippen LogP contribution >= 0.6 is 0 Å². The third-order valence-corrected chi connectivity index (χ3v) is 1.63. The van der Waals surface area contributed by atoms with E-state index in [2.05, 4.69) is 17.2 Å². The Morgan fingerprint density at radius 3 is 2.55 bits per heavy atom. The molecule has 0 aromatic heterocycles. The SMILES string of the molecule is C=C[C@@H]1NC(C)=C(C(C)=O)N1. The molecule has 0 radical (unpaired) electrons. The molecule has 1 rings (SSSR count). The summed E-state index contributed by atoms with van der Waals surface area (Å²) in [6.45, 7) is 7.02. The average Bonchev–Trinajstić information content (AvgIpc) is 2.30. The van der Waals surface area contributed by atoms with Crippen molar-refractivity contribution < 1.29 is 4.79 Å². The van der Waals surface area contributed by atoms with Gasteiger partial charge in [0.2, 0.25) is 0 Å². The summed E-state index contributed by atoms with van der Waals surface area (Å²) in [6.07, 6.45) is 1.73. The van der Waals surface area contributed by atoms with Crippen molar-refractivity contribution in [3.8, 4) is 0 Å². The van der Waals surface area contributed by atoms with Gasteiger partial charge in [-0.05, 0) is 13.0 Å². The van der Waals surface area contributed by atoms with Gasteiger partial charge in [-0.25, -0.2) is 0 Å². The number of carbonyl (C=O) groups is 1. The Balaban J connectivity index is 2.74. The molecule has 3 nitrogen and oxygen atoms in total. The summed E-state index contributed by atoms with van der Waals surface area (Å²) in [6, 6.07) is 0. The fourth-order valence-electron chi connectivity index (χ4n) is 1.09. The van der Waals surface area contributed by atoms with Gasteiger partial charge in [-0.3, -0.25) is 4.79 Å². The van der Waals surface area contributed by atoms with E-state index in [0.717, 1.165) is 5.70 Å². The van der Waals surface area contributed by atoms with E-state index in [1.165, 1.54) is 0 Å². The van der Waals surface area contributed by atoms with Crippen LogP contribution in [0.15, 0.2) is 24.0 Å². The lowest BCUT2D eigenvalue weighted by molar-refractivity contribution is -0.113. The molecule has 0 saturated heterocycles. The smallest absolute Gasteiger partial charge is 0.177 e. The van der Waals surface area contributed by atoms with Crippen molar-refractivity contribution in [2.45, 2.75) is 20.0 Å². The topological polar surface area (TPSA) is 41.1 Å². The number of carbonyl (C=O) groups excluding carboxylic acids is 1. The van der Waals surface area contributed by atoms with Gasteiger partial charge in [-0.1, -0.05) is 6.58 Å². The van der Waals surface area contributed by atoms with Crippen LogP contribution in [0.3, 0.4) is 0 Å². The van der Waals surface area contributed by atoms with Gasteiger partial charge in [-0.2, -0.15) is 0 Å². The lowest BCUT2D eigenvalue weighted by Gasteiger charge is -2.06. The number of allylic oxidation sites excluding steroid dienone is 2. The van der Waals surface area contributed by atoms with E-state index in [1.807, 2.05) is 6.92 Å². The molecule has 1 heterocycles. The molecule has 11 heavy (non-hydrogen) atoms. The number of hydrogen-bond donors (Lipinski definition) is 2. The third-order valence-electron chi connectivity index (χ3n) is 1.63. The molecule has 0 aromatic rings. The second-order valence-corrected chi connectivity index (χ2v) is 2.56. The van der Waals surface area contributed by atoms with Crippen LogP contribution in [0.2, 0.25) is 0 Å². The van der Waals surface area contributed by atoms with Gasteiger partial charge >= 0.3 is 0 Å². The van der Waals surface area contributed by atoms with Crippen molar-refractivity contribution in [1.82, 2.24) is 10.6 Å². The molecule has 0 aliphatic carbocycles. The Hall–Kier alpha value is -1.25. The molecule has 60 valence electrons. The largest absolute Gasteiger partial charge is 0.364 e. The zero-order chi connectivity index (χ0) is 8.43. The fraction of sp³-hybridized carbons (Fsp3) is 0.375. The van der Waals surface area contributed by atoms with E-state index in [9.17, 15) is 4.79 Å². The minimum absolute atomic E-state index is 0.00824. The Bertz CT molecular complexity index is 230. The number of hydrogen-bond acceptors (Lipinski definition) is 3. The van der Waals surface area contributed by atoms with E-state index in [0.29, 0.717) is 5.70 Å². The summed E-state index contributed by atoms with van der Waals surface area (Å²) in [5.74, 6) is 0.0550. The first-order valence-electron chi connectivity index (χ1n) is 3.52. The zero-order valence-corrected chi connectivity index (χ0v) is 6.77. The second-order valence-electron chi connectivity index (χ2n) is 2.56. The van der Waals surface area contributed by atoms with Crippen LogP contribution in [0, 0.1) is 0 Å². The van der Waals surface area contributed by atoms with Gasteiger partial charge in [-0.15, -0.1) is 0 Å². The minimum Gasteiger partial charge on any atom is -0.364 e. The lowest BCUT2D eigenvalue weighted by atomic mass is 10.3. The zero-order valence-electron chi connectivity index (χ0n) is 6.77. The molecule has 0 aromatic carbocycles. The molecule has 0 amide bonds. The Kier molecular flexibility index (Phi) is 1.98. The first-order chi connectivity index (χ1) is 5.15. The molecule has 0 saturated carbocycles. The molecule has 0 bridgehead atoms. The van der Waals surface area contributed by atoms with Crippen molar-refractivity contribution in [3.63, 3.8) is 0 Å². The van der Waals surface area contributed by atoms with Crippen LogP contribution in [-0.2, 0) is 4.79 Å². The maximum Gasteiger partial charge on any atom is 0.177 e. The highest BCUT2D eigenvalue weighted by Gasteiger charge is 2.19. The monoisotopic (exact) mass is 152 g/mol. The summed E-state index contributed by atoms with van der Waals surface area (Å²) in [5.41, 5.74) is 1.55. The highest BCUT2D eigenvalue weighted by atomic mass is 16.1. The molecule has 0 fully saturated rings. The first kappa shape index (κ1) is 7.85. The Morgan fingerprint density at radius 2 is 2.27 bits per heavy atom. The predicted molar refractivity (Wildman–Crippen MR) is 43.6 cm³/mol. The maximum absolute atomic E-state index is 10.9. The molecule has 3 heteroatoms. The molecule has 2 N–H and O–H groups in total. The van der Waals surface area contributed by atoms with Crippen molar-refractivity contribution in [2.75, 3.05) is 0 Å². The summed E-state index contributed by atoms with van der Waals surface area (Å²) in [7, 11) is 0. The lowest BCUT2D eigenvalue weighted by Crippen LogP contribution is -2.31. The summed E-state index contributed by atoms with van der Waals surface area (Å²) < 4.78 is 0. The number of Topliss-reactive ketones (excluding diaryl/α,β-unsaturated/α-hetero) is 1. The Labute approximate surface area is 66.2 Å². The molecular weight excluding hydrogens is 140 g/mol. The summed E-state index contributed by atoms with van der Waals surface area (Å²) in [4.78, 5) is 10.9. The van der Waals surface area contributed by atoms with Crippen molar-refractivity contribution in [1.29, 1.82) is 0 Å². The van der Waals surface area contributed by atoms with Gasteiger partial charge in [0.15, 0.2) is 5.78 Å². The second kappa shape index (κ2) is 2.78. The van der Waals surface area contributed by atoms with E-state index in [-0.39, 0.29) is 11.9 Å². The summed E-state index contributed by atoms with van der Waals surface area (Å²) >= 11 is 0. The third kappa shape index (κ3) is 1.42. The maximum atomic E-state index is 10.9. The number of ketones is 1. The average molecular weight is 152 g/mol. The normalized spacial score (nSPS) is 22.5. The minimum atomic E-state index is 0.00824. The van der Waals surface area contributed by atoms with Crippen LogP contribution in [-0.4, -0.2) is 11.9 Å². The van der Waals surface area contributed by atoms with Crippen molar-refractivity contribution in [3.05, 3.63) is 24.0 Å². The number of rotatable bonds is 2. The summed E-state index contributed by atoms with van der Waals surface area (Å²) in [5, 5.41) is 6.06. The van der Waals surface area contributed by atoms with Gasteiger partial charge in [0.25, 0.3) is 0 Å². The van der Waals surface area contributed by atoms with E-state index in [4.69, 9.17) is 0 Å². The van der Waals surface area contributed by atoms with E-state index >= 15 is 0 Å². The predicted octanol–water partition coefficient (Wildman–Crippen LogP) is 0.512. The van der Waals surface area contributed by atoms with Crippen molar-refractivity contribution in [2.24, 2.45) is 0 Å². The van der Waals surface area contributed by atoms with Crippen LogP contribution < -0.4 is 10.6 Å². The number of nitrogens with one attached hydrogen (secondary N) is 2. The first-order valence-corrected chi connectivity index (χ1v) is 3.52. The van der Waals surface area contributed by atoms with Gasteiger partial charge in [0, 0.05) is 12.6 Å². The molecular formula is C8H12N2O. The molecule has 1 aliphatic heterocycles. The van der Waals surface area contributed by atoms with E-state index in [1.54, 1.807) is 13.0 Å². The van der Waals surface area contributed by atoms with Crippen LogP contribution in [0.5, 0.6) is 0 Å². The van der Waals surface area contributed by atoms with E-state index < -0.39 is 0 Å². The molecule has 1 aliphatic rings. The fourth-order valence-corrected chi connectivity index (χ4v) is 1.09. The van der Waals surface area contributed by atoms with Crippen LogP contribution in [0.1, 0.15) is 13.8 Å². The highest BCUT2D eigenvalue weighted by molar-refractivity contribution is 5.93. The molecule has 0 spiro atoms. The van der Waals surface area contributed by atoms with Gasteiger partial charge in [0.1, 0.15) is 6.17 Å². The van der Waals surface area contributed by atoms with Gasteiger partial charge in [0.05, 0.1) is 5.70 Å².